The summed E-state index contributed by atoms with van der Waals surface area (Å²) in [5.41, 5.74) is 27.3. The molecule has 2 heteroatoms. The van der Waals surface area contributed by atoms with Gasteiger partial charge in [-0.25, -0.2) is 0 Å². The molecule has 72 heavy (non-hydrogen) atoms. The van der Waals surface area contributed by atoms with Crippen LogP contribution in [0.15, 0.2) is 253 Å². The lowest BCUT2D eigenvalue weighted by Gasteiger charge is -2.31. The average Bonchev–Trinajstić information content (AvgIpc) is 4.14. The van der Waals surface area contributed by atoms with Gasteiger partial charge >= 0.3 is 0 Å². The molecular formula is C70H47NO. The van der Waals surface area contributed by atoms with E-state index in [0.717, 1.165) is 50.1 Å². The van der Waals surface area contributed by atoms with Crippen LogP contribution in [-0.4, -0.2) is 0 Å². The predicted molar refractivity (Wildman–Crippen MR) is 299 cm³/mol. The molecule has 15 rings (SSSR count). The van der Waals surface area contributed by atoms with Crippen LogP contribution in [0.25, 0.3) is 88.7 Å². The van der Waals surface area contributed by atoms with E-state index in [0.29, 0.717) is 0 Å². The van der Waals surface area contributed by atoms with Crippen molar-refractivity contribution in [3.05, 3.63) is 282 Å². The number of anilines is 3. The first-order valence-corrected chi connectivity index (χ1v) is 25.2. The summed E-state index contributed by atoms with van der Waals surface area (Å²) in [5.74, 6) is 0. The first kappa shape index (κ1) is 40.9. The molecule has 1 atom stereocenters. The van der Waals surface area contributed by atoms with Crippen molar-refractivity contribution in [1.82, 2.24) is 0 Å². The third kappa shape index (κ3) is 5.72. The second-order valence-electron chi connectivity index (χ2n) is 20.3. The van der Waals surface area contributed by atoms with Crippen LogP contribution in [0, 0.1) is 0 Å². The second-order valence-corrected chi connectivity index (χ2v) is 20.3. The zero-order valence-corrected chi connectivity index (χ0v) is 40.0. The number of hydrogen-bond donors (Lipinski definition) is 0. The zero-order chi connectivity index (χ0) is 47.7. The minimum absolute atomic E-state index is 0.130. The van der Waals surface area contributed by atoms with Crippen LogP contribution in [-0.2, 0) is 10.8 Å². The van der Waals surface area contributed by atoms with E-state index in [1.165, 1.54) is 89.0 Å². The summed E-state index contributed by atoms with van der Waals surface area (Å²) < 4.78 is 6.63. The quantitative estimate of drug-likeness (QED) is 0.165. The SMILES string of the molecule is CC1(C)c2ccccc2-c2ccc(N(c3ccc(-c4ccccc4)cc3)c3cccc(-c4ccc5c(c4)-c4ccccc4C54c5ccccc5-c5ccc(-c6cccc7c6oc6ccccc67)cc54)c3)cc21. The highest BCUT2D eigenvalue weighted by molar-refractivity contribution is 6.10. The maximum atomic E-state index is 6.63. The molecule has 1 aromatic heterocycles. The number of benzene rings is 11. The molecule has 2 nitrogen and oxygen atoms in total. The van der Waals surface area contributed by atoms with E-state index in [1.54, 1.807) is 0 Å². The number of para-hydroxylation sites is 2. The fraction of sp³-hybridized carbons (Fsp3) is 0.0571. The van der Waals surface area contributed by atoms with Crippen molar-refractivity contribution in [2.75, 3.05) is 4.90 Å². The number of nitrogens with zero attached hydrogens (tertiary/aromatic N) is 1. The van der Waals surface area contributed by atoms with Crippen molar-refractivity contribution in [3.8, 4) is 66.8 Å². The summed E-state index contributed by atoms with van der Waals surface area (Å²) >= 11 is 0. The Kier molecular flexibility index (Phi) is 8.66. The van der Waals surface area contributed by atoms with Crippen LogP contribution in [0.5, 0.6) is 0 Å². The van der Waals surface area contributed by atoms with Gasteiger partial charge in [-0.2, -0.15) is 0 Å². The Labute approximate surface area is 419 Å². The topological polar surface area (TPSA) is 16.4 Å². The van der Waals surface area contributed by atoms with Crippen molar-refractivity contribution < 1.29 is 4.42 Å². The van der Waals surface area contributed by atoms with E-state index < -0.39 is 5.41 Å². The van der Waals surface area contributed by atoms with Gasteiger partial charge in [-0.05, 0) is 149 Å². The molecule has 12 aromatic rings. The molecule has 0 N–H and O–H groups in total. The number of fused-ring (bicyclic) bond motifs is 16. The Morgan fingerprint density at radius 2 is 0.806 bits per heavy atom. The Bertz CT molecular complexity index is 4190. The highest BCUT2D eigenvalue weighted by Gasteiger charge is 2.51. The van der Waals surface area contributed by atoms with Crippen LogP contribution in [0.1, 0.15) is 47.2 Å². The van der Waals surface area contributed by atoms with Crippen LogP contribution >= 0.6 is 0 Å². The molecule has 338 valence electrons. The third-order valence-corrected chi connectivity index (χ3v) is 16.3. The van der Waals surface area contributed by atoms with E-state index in [9.17, 15) is 0 Å². The summed E-state index contributed by atoms with van der Waals surface area (Å²) in [4.78, 5) is 2.44. The number of rotatable bonds is 6. The zero-order valence-electron chi connectivity index (χ0n) is 40.0. The van der Waals surface area contributed by atoms with Crippen molar-refractivity contribution in [2.45, 2.75) is 24.7 Å². The Hall–Kier alpha value is -8.98. The molecule has 1 spiro atoms. The predicted octanol–water partition coefficient (Wildman–Crippen LogP) is 18.7. The lowest BCUT2D eigenvalue weighted by molar-refractivity contribution is 0.660. The fourth-order valence-electron chi connectivity index (χ4n) is 13.0. The number of hydrogen-bond acceptors (Lipinski definition) is 2. The highest BCUT2D eigenvalue weighted by atomic mass is 16.3. The monoisotopic (exact) mass is 917 g/mol. The summed E-state index contributed by atoms with van der Waals surface area (Å²) in [6, 6.07) is 92.2. The Morgan fingerprint density at radius 1 is 0.292 bits per heavy atom. The van der Waals surface area contributed by atoms with Gasteiger partial charge in [0.05, 0.1) is 5.41 Å². The summed E-state index contributed by atoms with van der Waals surface area (Å²) in [6.07, 6.45) is 0. The molecule has 0 fully saturated rings. The van der Waals surface area contributed by atoms with E-state index in [1.807, 2.05) is 6.07 Å². The summed E-state index contributed by atoms with van der Waals surface area (Å²) in [6.45, 7) is 4.73. The molecule has 1 heterocycles. The van der Waals surface area contributed by atoms with Gasteiger partial charge < -0.3 is 9.32 Å². The highest BCUT2D eigenvalue weighted by Crippen LogP contribution is 2.63. The minimum Gasteiger partial charge on any atom is -0.455 e. The molecule has 0 saturated heterocycles. The average molecular weight is 918 g/mol. The Morgan fingerprint density at radius 3 is 1.61 bits per heavy atom. The van der Waals surface area contributed by atoms with Crippen molar-refractivity contribution in [3.63, 3.8) is 0 Å². The van der Waals surface area contributed by atoms with Gasteiger partial charge in [0.25, 0.3) is 0 Å². The maximum absolute atomic E-state index is 6.63. The second kappa shape index (κ2) is 15.3. The van der Waals surface area contributed by atoms with Crippen LogP contribution < -0.4 is 4.90 Å². The molecular weight excluding hydrogens is 871 g/mol. The van der Waals surface area contributed by atoms with Gasteiger partial charge in [0.15, 0.2) is 0 Å². The van der Waals surface area contributed by atoms with Crippen molar-refractivity contribution >= 4 is 39.0 Å². The molecule has 0 saturated carbocycles. The first-order chi connectivity index (χ1) is 35.4. The van der Waals surface area contributed by atoms with Gasteiger partial charge in [0.1, 0.15) is 11.2 Å². The molecule has 0 amide bonds. The molecule has 3 aliphatic carbocycles. The fourth-order valence-corrected chi connectivity index (χ4v) is 13.0. The van der Waals surface area contributed by atoms with E-state index in [4.69, 9.17) is 4.42 Å². The smallest absolute Gasteiger partial charge is 0.143 e. The number of furan rings is 1. The van der Waals surface area contributed by atoms with Crippen LogP contribution in [0.2, 0.25) is 0 Å². The first-order valence-electron chi connectivity index (χ1n) is 25.2. The minimum atomic E-state index is -0.500. The Balaban J connectivity index is 0.879. The van der Waals surface area contributed by atoms with Crippen molar-refractivity contribution in [2.24, 2.45) is 0 Å². The molecule has 1 unspecified atom stereocenters. The van der Waals surface area contributed by atoms with Crippen LogP contribution in [0.4, 0.5) is 17.1 Å². The van der Waals surface area contributed by atoms with E-state index in [-0.39, 0.29) is 5.41 Å². The van der Waals surface area contributed by atoms with Gasteiger partial charge in [0.2, 0.25) is 0 Å². The molecule has 0 radical (unpaired) electrons. The van der Waals surface area contributed by atoms with Gasteiger partial charge in [0, 0.05) is 38.8 Å². The van der Waals surface area contributed by atoms with Gasteiger partial charge in [-0.15, -0.1) is 0 Å². The standard InChI is InChI=1S/C70H47NO/c1-69(2)61-26-10-6-20-53(61)56-38-36-51(43-65(56)69)71(49-34-30-45(31-35-49)44-16-4-3-5-17-44)50-19-14-18-46(40-50)47-33-39-64-60(41-47)55-22-8-12-28-63(55)70(64)62-27-11-7-21-54(62)57-37-32-48(42-66(57)70)52-24-15-25-59-58-23-9-13-29-67(58)72-68(52)59/h3-43H,1-2H3. The van der Waals surface area contributed by atoms with Crippen LogP contribution in [0.3, 0.4) is 0 Å². The van der Waals surface area contributed by atoms with Crippen molar-refractivity contribution in [1.29, 1.82) is 0 Å². The summed E-state index contributed by atoms with van der Waals surface area (Å²) in [7, 11) is 0. The van der Waals surface area contributed by atoms with E-state index in [2.05, 4.69) is 261 Å². The largest absolute Gasteiger partial charge is 0.455 e. The maximum Gasteiger partial charge on any atom is 0.143 e. The lowest BCUT2D eigenvalue weighted by Crippen LogP contribution is -2.25. The molecule has 0 bridgehead atoms. The van der Waals surface area contributed by atoms with Gasteiger partial charge in [-0.1, -0.05) is 208 Å². The third-order valence-electron chi connectivity index (χ3n) is 16.3. The van der Waals surface area contributed by atoms with E-state index >= 15 is 0 Å². The summed E-state index contributed by atoms with van der Waals surface area (Å²) in [5, 5.41) is 2.28. The molecule has 11 aromatic carbocycles. The lowest BCUT2D eigenvalue weighted by atomic mass is 9.70. The molecule has 3 aliphatic rings. The molecule has 0 aliphatic heterocycles. The normalized spacial score (nSPS) is 15.2. The van der Waals surface area contributed by atoms with Gasteiger partial charge in [-0.3, -0.25) is 0 Å².